The zero-order valence-corrected chi connectivity index (χ0v) is 52.7. The van der Waals surface area contributed by atoms with Crippen molar-refractivity contribution >= 4 is 139 Å². The first-order valence-electron chi connectivity index (χ1n) is 28.2. The van der Waals surface area contributed by atoms with Crippen molar-refractivity contribution in [3.63, 3.8) is 0 Å². The molecule has 0 saturated carbocycles. The first kappa shape index (κ1) is 73.7. The average molecular weight is 1320 g/mol. The van der Waals surface area contributed by atoms with Gasteiger partial charge in [-0.25, -0.2) is 0 Å². The summed E-state index contributed by atoms with van der Waals surface area (Å²) >= 11 is 2.35. The number of carbonyl (C=O) groups excluding carboxylic acids is 12. The zero-order chi connectivity index (χ0) is 65.7. The van der Waals surface area contributed by atoms with Gasteiger partial charge in [-0.3, -0.25) is 67.5 Å². The van der Waals surface area contributed by atoms with Gasteiger partial charge in [0.25, 0.3) is 0 Å². The molecule has 24 N–H and O–H groups in total. The number of primary amides is 1. The van der Waals surface area contributed by atoms with Crippen molar-refractivity contribution in [2.45, 2.75) is 112 Å². The summed E-state index contributed by atoms with van der Waals surface area (Å²) in [6.45, 7) is -0.772. The number of carbonyl (C=O) groups is 12. The maximum absolute atomic E-state index is 14.6. The number of nitrogens with two attached hydrogens (primary N) is 6. The van der Waals surface area contributed by atoms with E-state index in [1.165, 1.54) is 35.3 Å². The van der Waals surface area contributed by atoms with E-state index < -0.39 is 151 Å². The number of amides is 12. The van der Waals surface area contributed by atoms with Crippen LogP contribution >= 0.6 is 45.1 Å². The van der Waals surface area contributed by atoms with Crippen LogP contribution in [0.5, 0.6) is 0 Å². The summed E-state index contributed by atoms with van der Waals surface area (Å²) in [6.07, 6.45) is 3.65. The van der Waals surface area contributed by atoms with Crippen molar-refractivity contribution in [1.82, 2.24) is 63.1 Å². The second-order valence-electron chi connectivity index (χ2n) is 20.5. The number of H-pyrrole nitrogens is 1. The van der Waals surface area contributed by atoms with Gasteiger partial charge < -0.3 is 103 Å². The molecule has 2 unspecified atom stereocenters. The monoisotopic (exact) mass is 1320 g/mol. The van der Waals surface area contributed by atoms with Crippen LogP contribution in [-0.4, -0.2) is 233 Å². The van der Waals surface area contributed by atoms with Crippen LogP contribution in [0.4, 0.5) is 0 Å². The Morgan fingerprint density at radius 3 is 1.91 bits per heavy atom. The molecule has 0 aliphatic carbocycles. The summed E-state index contributed by atoms with van der Waals surface area (Å²) in [5.41, 5.74) is 34.6. The molecule has 2 aliphatic heterocycles. The number of nitrogens with one attached hydrogen (secondary N) is 11. The Morgan fingerprint density at radius 1 is 0.719 bits per heavy atom. The van der Waals surface area contributed by atoms with Crippen molar-refractivity contribution in [1.29, 1.82) is 0 Å². The first-order valence-corrected chi connectivity index (χ1v) is 33.5. The lowest BCUT2D eigenvalue weighted by atomic mass is 10.1. The molecule has 2 fully saturated rings. The minimum atomic E-state index is -1.72. The molecule has 1 aromatic carbocycles. The van der Waals surface area contributed by atoms with Gasteiger partial charge >= 0.3 is 0 Å². The smallest absolute Gasteiger partial charge is 0.245 e. The van der Waals surface area contributed by atoms with Gasteiger partial charge in [0.15, 0.2) is 11.9 Å². The molecular formula is C52H82N20O13S4. The van der Waals surface area contributed by atoms with Gasteiger partial charge in [0.1, 0.15) is 60.4 Å². The average Bonchev–Trinajstić information content (AvgIpc) is 2.86. The minimum Gasteiger partial charge on any atom is -0.394 e. The molecule has 10 atom stereocenters. The number of aliphatic imine (C=N–C) groups is 2. The summed E-state index contributed by atoms with van der Waals surface area (Å²) in [5, 5.41) is 36.7. The van der Waals surface area contributed by atoms with Crippen molar-refractivity contribution in [3.05, 3.63) is 36.0 Å². The number of fused-ring (bicyclic) bond motifs is 2. The molecule has 1 aromatic heterocycles. The highest BCUT2D eigenvalue weighted by atomic mass is 33.1. The van der Waals surface area contributed by atoms with Crippen molar-refractivity contribution < 1.29 is 62.6 Å². The Morgan fingerprint density at radius 2 is 1.30 bits per heavy atom. The van der Waals surface area contributed by atoms with E-state index in [4.69, 9.17) is 34.4 Å². The van der Waals surface area contributed by atoms with Gasteiger partial charge in [-0.15, -0.1) is 0 Å². The molecule has 12 amide bonds. The highest BCUT2D eigenvalue weighted by Crippen LogP contribution is 2.24. The third-order valence-electron chi connectivity index (χ3n) is 13.6. The largest absolute Gasteiger partial charge is 0.394 e. The number of hydrogen-bond donors (Lipinski definition) is 18. The Bertz CT molecular complexity index is 2850. The molecule has 3 heterocycles. The predicted octanol–water partition coefficient (Wildman–Crippen LogP) is -7.13. The lowest BCUT2D eigenvalue weighted by Gasteiger charge is -2.28. The molecule has 0 bridgehead atoms. The third kappa shape index (κ3) is 24.6. The number of aromatic amines is 1. The van der Waals surface area contributed by atoms with Gasteiger partial charge in [-0.05, 0) is 75.5 Å². The highest BCUT2D eigenvalue weighted by Gasteiger charge is 2.38. The van der Waals surface area contributed by atoms with E-state index in [0.29, 0.717) is 17.6 Å². The fourth-order valence-corrected chi connectivity index (χ4v) is 12.5. The van der Waals surface area contributed by atoms with Crippen LogP contribution < -0.4 is 87.6 Å². The topological polar surface area (TPSA) is 545 Å². The van der Waals surface area contributed by atoms with Gasteiger partial charge in [-0.1, -0.05) is 39.8 Å². The summed E-state index contributed by atoms with van der Waals surface area (Å²) < 4.78 is 0. The van der Waals surface area contributed by atoms with Gasteiger partial charge in [0.2, 0.25) is 70.9 Å². The highest BCUT2D eigenvalue weighted by molar-refractivity contribution is 8.76. The van der Waals surface area contributed by atoms with Crippen LogP contribution in [0.25, 0.3) is 10.9 Å². The molecule has 4 rings (SSSR count). The number of aromatic nitrogens is 1. The maximum atomic E-state index is 14.6. The molecule has 492 valence electrons. The van der Waals surface area contributed by atoms with Gasteiger partial charge in [0, 0.05) is 60.3 Å². The number of aliphatic hydroxyl groups is 1. The number of aliphatic hydroxyl groups excluding tert-OH is 1. The number of nitrogens with zero attached hydrogens (tertiary/aromatic N) is 3. The predicted molar refractivity (Wildman–Crippen MR) is 340 cm³/mol. The number of rotatable bonds is 20. The van der Waals surface area contributed by atoms with Crippen molar-refractivity contribution in [2.24, 2.45) is 44.4 Å². The van der Waals surface area contributed by atoms with Crippen molar-refractivity contribution in [3.8, 4) is 0 Å². The molecule has 89 heavy (non-hydrogen) atoms. The molecule has 2 aromatic rings. The number of hydrogen-bond acceptors (Lipinski definition) is 20. The van der Waals surface area contributed by atoms with E-state index in [9.17, 15) is 62.6 Å². The standard InChI is InChI=1S/C52H82N20O13S4/c1-26-42(77)67-32(18-28-17-27-9-4-5-10-29(27)63-28)46(81)65-30(11-6-14-59-51(55)56)44(79)69-34(41(54)76)24-88-89-25-37(71-48(83)35(22-86-2)64-39(74)19-53)49(84)68-33(21-73)43(78)61-20-40(75)72-16-8-13-38(72)50(85)66-31(12-7-15-60-52(57)58)45(80)70-36(23-87-3)47(82)62-26/h4-5,9-10,17,26,30-38,63,73H,6-8,11-16,18-25,53H2,1-3H3,(H2,54,76)(H,61,78)(H,62,82)(H,64,74)(H,65,81)(H,66,85)(H,67,77)(H,68,84)(H,69,79)(H,70,80)(H,71,83)(H4,55,56,59)(H4,57,58,60)/t26-,30-,31-,32?,33-,34-,35-,36-,37-,38?/m0/s1. The van der Waals surface area contributed by atoms with Gasteiger partial charge in [-0.2, -0.15) is 23.5 Å². The SMILES string of the molecule is CSC[C@H](NC(=O)CN)C(=O)N[C@H]1CSSC[C@@H](C(N)=O)NC(=O)[C@H](CCCN=C(N)N)NC(=O)C(Cc2cc3ccccc3[nH]2)NC(=O)[C@H](C)NC(=O)[C@H](CSC)NC(=O)[C@H](CCCN=C(N)N)NC(=O)C2CCCN2C(=O)CNC(=O)[C@H](CO)NC1=O. The maximum Gasteiger partial charge on any atom is 0.245 e. The number of benzene rings is 1. The molecule has 33 nitrogen and oxygen atoms in total. The van der Waals surface area contributed by atoms with E-state index in [1.807, 2.05) is 6.07 Å². The zero-order valence-electron chi connectivity index (χ0n) is 49.5. The molecule has 0 spiro atoms. The second-order valence-corrected chi connectivity index (χ2v) is 24.9. The minimum absolute atomic E-state index is 0.00181. The summed E-state index contributed by atoms with van der Waals surface area (Å²) in [5.74, 6) is -11.5. The van der Waals surface area contributed by atoms with Crippen LogP contribution in [-0.2, 0) is 64.0 Å². The van der Waals surface area contributed by atoms with E-state index in [1.54, 1.807) is 36.8 Å². The second kappa shape index (κ2) is 38.0. The van der Waals surface area contributed by atoms with Crippen LogP contribution in [0.2, 0.25) is 0 Å². The van der Waals surface area contributed by atoms with Crippen molar-refractivity contribution in [2.75, 3.05) is 74.9 Å². The van der Waals surface area contributed by atoms with E-state index in [-0.39, 0.29) is 93.1 Å². The number of para-hydroxylation sites is 1. The number of thioether (sulfide) groups is 2. The fraction of sp³-hybridized carbons (Fsp3) is 0.577. The van der Waals surface area contributed by atoms with Crippen LogP contribution in [0, 0.1) is 0 Å². The van der Waals surface area contributed by atoms with E-state index in [2.05, 4.69) is 68.1 Å². The lowest BCUT2D eigenvalue weighted by Crippen LogP contribution is -2.60. The Labute approximate surface area is 529 Å². The Hall–Kier alpha value is -7.74. The quantitative estimate of drug-likeness (QED) is 0.0253. The molecule has 37 heteroatoms. The van der Waals surface area contributed by atoms with Crippen LogP contribution in [0.1, 0.15) is 51.1 Å². The van der Waals surface area contributed by atoms with Crippen LogP contribution in [0.15, 0.2) is 40.3 Å². The fourth-order valence-electron chi connectivity index (χ4n) is 9.01. The summed E-state index contributed by atoms with van der Waals surface area (Å²) in [7, 11) is 1.82. The normalized spacial score (nSPS) is 24.0. The Balaban J connectivity index is 1.77. The molecule has 2 aliphatic rings. The van der Waals surface area contributed by atoms with E-state index in [0.717, 1.165) is 27.0 Å². The number of guanidine groups is 2. The third-order valence-corrected chi connectivity index (χ3v) is 17.4. The molecule has 0 radical (unpaired) electrons. The lowest BCUT2D eigenvalue weighted by molar-refractivity contribution is -0.140. The summed E-state index contributed by atoms with van der Waals surface area (Å²) in [4.78, 5) is 178. The molecular weight excluding hydrogens is 1240 g/mol. The Kier molecular flexibility index (Phi) is 31.4. The van der Waals surface area contributed by atoms with E-state index >= 15 is 0 Å². The van der Waals surface area contributed by atoms with Gasteiger partial charge in [0.05, 0.1) is 19.7 Å². The first-order chi connectivity index (χ1) is 42.4. The molecule has 2 saturated heterocycles. The summed E-state index contributed by atoms with van der Waals surface area (Å²) in [6, 6.07) is -5.02. The van der Waals surface area contributed by atoms with Crippen LogP contribution in [0.3, 0.4) is 0 Å².